The summed E-state index contributed by atoms with van der Waals surface area (Å²) in [5.74, 6) is -0.341. The summed E-state index contributed by atoms with van der Waals surface area (Å²) >= 11 is 0. The third-order valence-electron chi connectivity index (χ3n) is 5.43. The summed E-state index contributed by atoms with van der Waals surface area (Å²) in [6.45, 7) is 2.63. The number of amides is 1. The number of hydrogen-bond acceptors (Lipinski definition) is 4. The molecule has 3 heterocycles. The van der Waals surface area contributed by atoms with Crippen molar-refractivity contribution >= 4 is 5.91 Å². The number of nitrogens with one attached hydrogen (secondary N) is 1. The van der Waals surface area contributed by atoms with Crippen LogP contribution >= 0.6 is 0 Å². The van der Waals surface area contributed by atoms with Gasteiger partial charge in [0.15, 0.2) is 5.69 Å². The van der Waals surface area contributed by atoms with Crippen LogP contribution in [0.25, 0.3) is 0 Å². The van der Waals surface area contributed by atoms with Crippen LogP contribution < -0.4 is 5.32 Å². The van der Waals surface area contributed by atoms with Crippen molar-refractivity contribution in [2.75, 3.05) is 19.6 Å². The van der Waals surface area contributed by atoms with Gasteiger partial charge in [-0.3, -0.25) is 4.79 Å². The first-order valence-corrected chi connectivity index (χ1v) is 9.41. The zero-order valence-corrected chi connectivity index (χ0v) is 14.8. The van der Waals surface area contributed by atoms with Gasteiger partial charge in [-0.2, -0.15) is 0 Å². The van der Waals surface area contributed by atoms with Crippen LogP contribution in [0.2, 0.25) is 0 Å². The molecule has 0 saturated carbocycles. The summed E-state index contributed by atoms with van der Waals surface area (Å²) in [6.07, 6.45) is 6.71. The molecule has 6 nitrogen and oxygen atoms in total. The van der Waals surface area contributed by atoms with Crippen LogP contribution in [0.3, 0.4) is 0 Å². The molecule has 0 bridgehead atoms. The Hall–Kier alpha value is -2.28. The van der Waals surface area contributed by atoms with E-state index >= 15 is 0 Å². The van der Waals surface area contributed by atoms with Crippen LogP contribution in [0.4, 0.5) is 4.39 Å². The number of aromatic nitrogens is 3. The van der Waals surface area contributed by atoms with Gasteiger partial charge in [0.1, 0.15) is 5.82 Å². The number of likely N-dealkylation sites (tertiary alicyclic amines) is 1. The minimum Gasteiger partial charge on any atom is -0.330 e. The van der Waals surface area contributed by atoms with E-state index < -0.39 is 0 Å². The van der Waals surface area contributed by atoms with E-state index in [-0.39, 0.29) is 17.8 Å². The van der Waals surface area contributed by atoms with E-state index in [2.05, 4.69) is 15.6 Å². The zero-order valence-electron chi connectivity index (χ0n) is 14.8. The molecule has 0 radical (unpaired) electrons. The van der Waals surface area contributed by atoms with Gasteiger partial charge < -0.3 is 10.2 Å². The van der Waals surface area contributed by atoms with E-state index in [9.17, 15) is 9.18 Å². The number of benzene rings is 1. The zero-order chi connectivity index (χ0) is 17.9. The molecular weight excluding hydrogens is 333 g/mol. The first kappa shape index (κ1) is 17.1. The molecule has 4 rings (SSSR count). The number of hydrogen-bond donors (Lipinski definition) is 1. The average Bonchev–Trinajstić information content (AvgIpc) is 3.19. The van der Waals surface area contributed by atoms with Gasteiger partial charge in [0, 0.05) is 6.54 Å². The van der Waals surface area contributed by atoms with Gasteiger partial charge in [-0.1, -0.05) is 17.3 Å². The van der Waals surface area contributed by atoms with Crippen molar-refractivity contribution in [2.24, 2.45) is 0 Å². The summed E-state index contributed by atoms with van der Waals surface area (Å²) in [5.41, 5.74) is 1.38. The van der Waals surface area contributed by atoms with E-state index in [1.165, 1.54) is 12.1 Å². The van der Waals surface area contributed by atoms with Crippen LogP contribution in [-0.2, 0) is 0 Å². The minimum atomic E-state index is -0.257. The molecule has 1 aromatic carbocycles. The van der Waals surface area contributed by atoms with Crippen molar-refractivity contribution in [3.05, 3.63) is 47.5 Å². The van der Waals surface area contributed by atoms with E-state index in [0.29, 0.717) is 18.3 Å². The highest BCUT2D eigenvalue weighted by Crippen LogP contribution is 2.32. The van der Waals surface area contributed by atoms with Crippen molar-refractivity contribution in [1.29, 1.82) is 0 Å². The second-order valence-corrected chi connectivity index (χ2v) is 7.13. The second kappa shape index (κ2) is 7.53. The number of rotatable bonds is 3. The molecule has 0 spiro atoms. The Kier molecular flexibility index (Phi) is 4.97. The lowest BCUT2D eigenvalue weighted by Gasteiger charge is -2.35. The van der Waals surface area contributed by atoms with Crippen LogP contribution in [-0.4, -0.2) is 45.4 Å². The Bertz CT molecular complexity index is 754. The summed E-state index contributed by atoms with van der Waals surface area (Å²) in [7, 11) is 0. The van der Waals surface area contributed by atoms with Gasteiger partial charge in [0.2, 0.25) is 0 Å². The van der Waals surface area contributed by atoms with Crippen molar-refractivity contribution < 1.29 is 9.18 Å². The van der Waals surface area contributed by atoms with Crippen molar-refractivity contribution in [2.45, 2.75) is 44.2 Å². The quantitative estimate of drug-likeness (QED) is 0.917. The maximum atomic E-state index is 13.2. The molecule has 138 valence electrons. The summed E-state index contributed by atoms with van der Waals surface area (Å²) in [4.78, 5) is 14.9. The van der Waals surface area contributed by atoms with Gasteiger partial charge in [-0.25, -0.2) is 9.07 Å². The lowest BCUT2D eigenvalue weighted by Crippen LogP contribution is -2.38. The maximum Gasteiger partial charge on any atom is 0.276 e. The third-order valence-corrected chi connectivity index (χ3v) is 5.43. The topological polar surface area (TPSA) is 63.1 Å². The Balaban J connectivity index is 1.53. The second-order valence-electron chi connectivity index (χ2n) is 7.13. The molecule has 2 saturated heterocycles. The predicted molar refractivity (Wildman–Crippen MR) is 95.2 cm³/mol. The van der Waals surface area contributed by atoms with Gasteiger partial charge >= 0.3 is 0 Å². The molecule has 1 aromatic heterocycles. The number of piperidine rings is 2. The van der Waals surface area contributed by atoms with E-state index in [1.807, 2.05) is 9.58 Å². The monoisotopic (exact) mass is 357 g/mol. The maximum absolute atomic E-state index is 13.2. The fourth-order valence-corrected chi connectivity index (χ4v) is 3.98. The number of halogens is 1. The molecule has 2 aliphatic heterocycles. The van der Waals surface area contributed by atoms with Gasteiger partial charge in [0.05, 0.1) is 18.3 Å². The van der Waals surface area contributed by atoms with Gasteiger partial charge in [-0.05, 0) is 62.9 Å². The lowest BCUT2D eigenvalue weighted by molar-refractivity contribution is 0.0605. The Labute approximate surface area is 152 Å². The Morgan fingerprint density at radius 1 is 1.12 bits per heavy atom. The molecule has 1 N–H and O–H groups in total. The third kappa shape index (κ3) is 3.49. The fourth-order valence-electron chi connectivity index (χ4n) is 3.98. The lowest BCUT2D eigenvalue weighted by atomic mass is 9.95. The SMILES string of the molecule is O=C(c1cn(C2CCNCC2)nn1)N1CCCCC1c1ccc(F)cc1. The molecule has 26 heavy (non-hydrogen) atoms. The van der Waals surface area contributed by atoms with Crippen molar-refractivity contribution in [3.8, 4) is 0 Å². The first-order chi connectivity index (χ1) is 12.7. The van der Waals surface area contributed by atoms with Gasteiger partial charge in [-0.15, -0.1) is 5.10 Å². The molecular formula is C19H24FN5O. The highest BCUT2D eigenvalue weighted by atomic mass is 19.1. The van der Waals surface area contributed by atoms with E-state index in [0.717, 1.165) is 50.8 Å². The molecule has 1 unspecified atom stereocenters. The van der Waals surface area contributed by atoms with Crippen LogP contribution in [0, 0.1) is 5.82 Å². The normalized spacial score (nSPS) is 21.7. The molecule has 2 fully saturated rings. The smallest absolute Gasteiger partial charge is 0.276 e. The summed E-state index contributed by atoms with van der Waals surface area (Å²) < 4.78 is 15.1. The molecule has 1 amide bonds. The molecule has 2 aromatic rings. The first-order valence-electron chi connectivity index (χ1n) is 9.41. The standard InChI is InChI=1S/C19H24FN5O/c20-15-6-4-14(5-7-15)18-3-1-2-12-24(18)19(26)17-13-25(23-22-17)16-8-10-21-11-9-16/h4-7,13,16,18,21H,1-3,8-12H2. The molecule has 1 atom stereocenters. The highest BCUT2D eigenvalue weighted by molar-refractivity contribution is 5.92. The Morgan fingerprint density at radius 3 is 2.65 bits per heavy atom. The van der Waals surface area contributed by atoms with Crippen molar-refractivity contribution in [1.82, 2.24) is 25.2 Å². The largest absolute Gasteiger partial charge is 0.330 e. The number of nitrogens with zero attached hydrogens (tertiary/aromatic N) is 4. The summed E-state index contributed by atoms with van der Waals surface area (Å²) in [5, 5.41) is 11.7. The van der Waals surface area contributed by atoms with E-state index in [1.54, 1.807) is 18.3 Å². The fraction of sp³-hybridized carbons (Fsp3) is 0.526. The Morgan fingerprint density at radius 2 is 1.88 bits per heavy atom. The predicted octanol–water partition coefficient (Wildman–Crippen LogP) is 2.71. The van der Waals surface area contributed by atoms with Crippen molar-refractivity contribution in [3.63, 3.8) is 0 Å². The van der Waals surface area contributed by atoms with Crippen LogP contribution in [0.15, 0.2) is 30.5 Å². The van der Waals surface area contributed by atoms with E-state index in [4.69, 9.17) is 0 Å². The molecule has 0 aliphatic carbocycles. The van der Waals surface area contributed by atoms with Crippen LogP contribution in [0.5, 0.6) is 0 Å². The molecule has 7 heteroatoms. The van der Waals surface area contributed by atoms with Gasteiger partial charge in [0.25, 0.3) is 5.91 Å². The van der Waals surface area contributed by atoms with Crippen LogP contribution in [0.1, 0.15) is 60.2 Å². The molecule has 2 aliphatic rings. The summed E-state index contributed by atoms with van der Waals surface area (Å²) in [6, 6.07) is 6.75. The highest BCUT2D eigenvalue weighted by Gasteiger charge is 2.30. The average molecular weight is 357 g/mol. The minimum absolute atomic E-state index is 0.0270. The number of carbonyl (C=O) groups excluding carboxylic acids is 1. The number of carbonyl (C=O) groups is 1.